The van der Waals surface area contributed by atoms with Crippen LogP contribution in [-0.2, 0) is 38.0 Å². The average molecular weight is 513 g/mol. The Morgan fingerprint density at radius 3 is 1.96 bits per heavy atom. The summed E-state index contributed by atoms with van der Waals surface area (Å²) >= 11 is 0. The minimum absolute atomic E-state index is 0. The fourth-order valence-corrected chi connectivity index (χ4v) is 2.90. The fourth-order valence-electron chi connectivity index (χ4n) is 2.90. The summed E-state index contributed by atoms with van der Waals surface area (Å²) in [4.78, 5) is 8.16. The maximum atomic E-state index is 8.16. The van der Waals surface area contributed by atoms with E-state index in [-0.39, 0.29) is 56.4 Å². The molecule has 2 radical (unpaired) electrons. The molecular weight excluding hydrogens is 482 g/mol. The van der Waals surface area contributed by atoms with Crippen molar-refractivity contribution in [2.75, 3.05) is 0 Å². The van der Waals surface area contributed by atoms with E-state index in [1.807, 2.05) is 13.1 Å². The Balaban J connectivity index is 0. The van der Waals surface area contributed by atoms with Crippen LogP contribution in [-0.4, -0.2) is 13.8 Å². The minimum Gasteiger partial charge on any atom is -1.00 e. The number of benzene rings is 2. The van der Waals surface area contributed by atoms with Crippen molar-refractivity contribution in [3.05, 3.63) is 65.7 Å². The Morgan fingerprint density at radius 2 is 1.50 bits per heavy atom. The van der Waals surface area contributed by atoms with Crippen molar-refractivity contribution < 1.29 is 55.8 Å². The standard InChI is InChI=1S/C21H23.C2H7OSi.2ClH.Zr/c1-5-15-13-17-7-6-8-19(20(17)14-15)16-9-11-18(12-10-16)21(2,3)4;1-4(2)3;;;/h6-14H,5H2,1-4H3;3H,1-2H3;2*1H;/q-1;;;;+3/p-2. The van der Waals surface area contributed by atoms with E-state index in [1.165, 1.54) is 33.0 Å². The van der Waals surface area contributed by atoms with Crippen molar-refractivity contribution in [1.82, 2.24) is 0 Å². The second kappa shape index (κ2) is 13.1. The van der Waals surface area contributed by atoms with E-state index in [4.69, 9.17) is 4.80 Å². The molecule has 1 nitrogen and oxygen atoms in total. The molecule has 0 heterocycles. The Kier molecular flexibility index (Phi) is 14.0. The van der Waals surface area contributed by atoms with Gasteiger partial charge in [0.15, 0.2) is 9.04 Å². The molecule has 0 aliphatic rings. The van der Waals surface area contributed by atoms with Crippen LogP contribution in [0.1, 0.15) is 38.8 Å². The van der Waals surface area contributed by atoms with E-state index < -0.39 is 9.04 Å². The first-order chi connectivity index (χ1) is 11.7. The van der Waals surface area contributed by atoms with E-state index in [9.17, 15) is 0 Å². The van der Waals surface area contributed by atoms with Gasteiger partial charge in [-0.1, -0.05) is 63.6 Å². The molecule has 0 aliphatic carbocycles. The number of rotatable bonds is 2. The summed E-state index contributed by atoms with van der Waals surface area (Å²) in [6, 6.07) is 20.3. The maximum Gasteiger partial charge on any atom is 3.00 e. The Bertz CT molecular complexity index is 818. The van der Waals surface area contributed by atoms with E-state index in [0.29, 0.717) is 0 Å². The summed E-state index contributed by atoms with van der Waals surface area (Å²) in [5, 5.41) is 2.72. The molecule has 150 valence electrons. The van der Waals surface area contributed by atoms with E-state index in [1.54, 1.807) is 0 Å². The number of fused-ring (bicyclic) bond motifs is 1. The summed E-state index contributed by atoms with van der Waals surface area (Å²) in [7, 11) is -0.880. The van der Waals surface area contributed by atoms with Gasteiger partial charge in [-0.25, -0.2) is 0 Å². The normalized spacial score (nSPS) is 10.3. The molecule has 3 aromatic carbocycles. The Hall–Kier alpha value is -0.310. The predicted molar refractivity (Wildman–Crippen MR) is 113 cm³/mol. The summed E-state index contributed by atoms with van der Waals surface area (Å²) in [6.07, 6.45) is 1.09. The van der Waals surface area contributed by atoms with E-state index in [0.717, 1.165) is 6.42 Å². The van der Waals surface area contributed by atoms with Crippen LogP contribution in [0, 0.1) is 0 Å². The third kappa shape index (κ3) is 8.20. The molecule has 1 N–H and O–H groups in total. The second-order valence-corrected chi connectivity index (χ2v) is 9.69. The van der Waals surface area contributed by atoms with Gasteiger partial charge in [-0.05, 0) is 36.1 Å². The Labute approximate surface area is 204 Å². The minimum atomic E-state index is -0.880. The fraction of sp³-hybridized carbons (Fsp3) is 0.348. The van der Waals surface area contributed by atoms with Gasteiger partial charge in [0, 0.05) is 0 Å². The van der Waals surface area contributed by atoms with Crippen LogP contribution in [0.2, 0.25) is 13.1 Å². The zero-order chi connectivity index (χ0) is 18.6. The molecule has 0 fully saturated rings. The molecular formula is C23H30Cl2OSiZr. The monoisotopic (exact) mass is 510 g/mol. The summed E-state index contributed by atoms with van der Waals surface area (Å²) in [5.74, 6) is 0. The molecule has 28 heavy (non-hydrogen) atoms. The zero-order valence-electron chi connectivity index (χ0n) is 17.6. The number of hydrogen-bond acceptors (Lipinski definition) is 1. The SMILES string of the molecule is CCc1cc2c(-c3ccc(C(C)(C)C)cc3)cccc2[cH-]1.C[Si](C)O.[Cl-].[Cl-].[Zr+3]. The molecule has 5 heteroatoms. The molecule has 0 aliphatic heterocycles. The van der Waals surface area contributed by atoms with Gasteiger partial charge in [0.25, 0.3) is 0 Å². The van der Waals surface area contributed by atoms with Crippen molar-refractivity contribution >= 4 is 19.8 Å². The van der Waals surface area contributed by atoms with Crippen LogP contribution in [0.4, 0.5) is 0 Å². The van der Waals surface area contributed by atoms with Crippen molar-refractivity contribution in [2.24, 2.45) is 0 Å². The Morgan fingerprint density at radius 1 is 0.964 bits per heavy atom. The molecule has 0 unspecified atom stereocenters. The summed E-state index contributed by atoms with van der Waals surface area (Å²) < 4.78 is 0. The quantitative estimate of drug-likeness (QED) is 0.388. The molecule has 0 aromatic heterocycles. The van der Waals surface area contributed by atoms with Crippen LogP contribution in [0.3, 0.4) is 0 Å². The first-order valence-corrected chi connectivity index (χ1v) is 11.5. The molecule has 3 rings (SSSR count). The second-order valence-electron chi connectivity index (χ2n) is 7.80. The van der Waals surface area contributed by atoms with Crippen molar-refractivity contribution in [3.8, 4) is 11.1 Å². The van der Waals surface area contributed by atoms with Gasteiger partial charge < -0.3 is 29.6 Å². The summed E-state index contributed by atoms with van der Waals surface area (Å²) in [5.41, 5.74) is 5.66. The van der Waals surface area contributed by atoms with Crippen molar-refractivity contribution in [3.63, 3.8) is 0 Å². The first kappa shape index (κ1) is 29.9. The smallest absolute Gasteiger partial charge is 1.00 e. The molecule has 0 bridgehead atoms. The van der Waals surface area contributed by atoms with Gasteiger partial charge in [0.2, 0.25) is 0 Å². The first-order valence-electron chi connectivity index (χ1n) is 9.00. The van der Waals surface area contributed by atoms with Gasteiger partial charge in [0.05, 0.1) is 0 Å². The molecule has 0 atom stereocenters. The largest absolute Gasteiger partial charge is 3.00 e. The molecule has 3 aromatic rings. The van der Waals surface area contributed by atoms with Crippen molar-refractivity contribution in [1.29, 1.82) is 0 Å². The van der Waals surface area contributed by atoms with E-state index in [2.05, 4.69) is 82.3 Å². The van der Waals surface area contributed by atoms with Gasteiger partial charge in [-0.3, -0.25) is 0 Å². The van der Waals surface area contributed by atoms with Gasteiger partial charge in [-0.2, -0.15) is 6.07 Å². The number of aryl methyl sites for hydroxylation is 1. The topological polar surface area (TPSA) is 20.2 Å². The third-order valence-corrected chi connectivity index (χ3v) is 4.28. The van der Waals surface area contributed by atoms with Crippen LogP contribution in [0.25, 0.3) is 21.9 Å². The average Bonchev–Trinajstić information content (AvgIpc) is 2.97. The van der Waals surface area contributed by atoms with Crippen LogP contribution in [0.5, 0.6) is 0 Å². The summed E-state index contributed by atoms with van der Waals surface area (Å²) in [6.45, 7) is 12.6. The van der Waals surface area contributed by atoms with Gasteiger partial charge in [0.1, 0.15) is 0 Å². The van der Waals surface area contributed by atoms with Gasteiger partial charge in [-0.15, -0.1) is 34.5 Å². The zero-order valence-corrected chi connectivity index (χ0v) is 22.6. The molecule has 0 saturated carbocycles. The van der Waals surface area contributed by atoms with Crippen molar-refractivity contribution in [2.45, 2.75) is 52.6 Å². The van der Waals surface area contributed by atoms with Crippen LogP contribution in [0.15, 0.2) is 54.6 Å². The van der Waals surface area contributed by atoms with Gasteiger partial charge >= 0.3 is 26.2 Å². The number of hydrogen-bond donors (Lipinski definition) is 1. The van der Waals surface area contributed by atoms with Crippen LogP contribution >= 0.6 is 0 Å². The third-order valence-electron chi connectivity index (χ3n) is 4.28. The van der Waals surface area contributed by atoms with Crippen LogP contribution < -0.4 is 24.8 Å². The molecule has 0 spiro atoms. The predicted octanol–water partition coefficient (Wildman–Crippen LogP) is 0.321. The van der Waals surface area contributed by atoms with E-state index >= 15 is 0 Å². The number of halogens is 2. The molecule has 0 amide bonds. The molecule has 0 saturated heterocycles. The maximum absolute atomic E-state index is 8.16.